The lowest BCUT2D eigenvalue weighted by Gasteiger charge is -2.15. The second-order valence-electron chi connectivity index (χ2n) is 4.79. The summed E-state index contributed by atoms with van der Waals surface area (Å²) in [5.74, 6) is -0.401. The summed E-state index contributed by atoms with van der Waals surface area (Å²) in [6, 6.07) is 8.04. The number of ketones is 1. The highest BCUT2D eigenvalue weighted by Crippen LogP contribution is 2.44. The van der Waals surface area contributed by atoms with Gasteiger partial charge in [-0.2, -0.15) is 0 Å². The number of aromatic hydroxyl groups is 2. The van der Waals surface area contributed by atoms with Gasteiger partial charge in [0, 0.05) is 11.6 Å². The Hall–Kier alpha value is -3.15. The van der Waals surface area contributed by atoms with E-state index in [4.69, 9.17) is 14.2 Å². The number of phenolic OH excluding ortho intramolecular Hbond substituents is 2. The van der Waals surface area contributed by atoms with Crippen LogP contribution in [0.3, 0.4) is 0 Å². The highest BCUT2D eigenvalue weighted by Gasteiger charge is 2.23. The molecule has 2 aromatic carbocycles. The summed E-state index contributed by atoms with van der Waals surface area (Å²) >= 11 is 0. The molecule has 126 valence electrons. The predicted molar refractivity (Wildman–Crippen MR) is 89.2 cm³/mol. The van der Waals surface area contributed by atoms with Crippen molar-refractivity contribution >= 4 is 11.9 Å². The fraction of sp³-hybridized carbons (Fsp3) is 0.167. The van der Waals surface area contributed by atoms with Gasteiger partial charge in [0.2, 0.25) is 5.75 Å². The van der Waals surface area contributed by atoms with Crippen LogP contribution in [0.2, 0.25) is 0 Å². The van der Waals surface area contributed by atoms with Gasteiger partial charge >= 0.3 is 0 Å². The Morgan fingerprint density at radius 2 is 1.67 bits per heavy atom. The summed E-state index contributed by atoms with van der Waals surface area (Å²) in [6.07, 6.45) is 2.69. The van der Waals surface area contributed by atoms with E-state index in [1.165, 1.54) is 45.6 Å². The molecule has 2 aromatic rings. The van der Waals surface area contributed by atoms with Crippen LogP contribution < -0.4 is 14.2 Å². The zero-order chi connectivity index (χ0) is 17.7. The molecule has 0 aliphatic heterocycles. The Morgan fingerprint density at radius 1 is 1.00 bits per heavy atom. The molecule has 0 aliphatic carbocycles. The number of hydrogen-bond acceptors (Lipinski definition) is 6. The minimum absolute atomic E-state index is 0.0395. The molecule has 0 spiro atoms. The van der Waals surface area contributed by atoms with Crippen molar-refractivity contribution < 1.29 is 29.2 Å². The average Bonchev–Trinajstić information content (AvgIpc) is 2.59. The number of ether oxygens (including phenoxy) is 3. The van der Waals surface area contributed by atoms with Crippen molar-refractivity contribution in [1.82, 2.24) is 0 Å². The van der Waals surface area contributed by atoms with E-state index in [1.807, 2.05) is 0 Å². The van der Waals surface area contributed by atoms with Crippen molar-refractivity contribution in [2.45, 2.75) is 0 Å². The van der Waals surface area contributed by atoms with Gasteiger partial charge in [0.15, 0.2) is 17.3 Å². The Kier molecular flexibility index (Phi) is 5.31. The Labute approximate surface area is 139 Å². The van der Waals surface area contributed by atoms with E-state index in [9.17, 15) is 15.0 Å². The normalized spacial score (nSPS) is 10.6. The number of benzene rings is 2. The van der Waals surface area contributed by atoms with Crippen LogP contribution in [-0.4, -0.2) is 37.3 Å². The number of phenols is 2. The Balaban J connectivity index is 2.47. The third kappa shape index (κ3) is 3.27. The van der Waals surface area contributed by atoms with Crippen LogP contribution in [0.5, 0.6) is 28.7 Å². The summed E-state index contributed by atoms with van der Waals surface area (Å²) in [5, 5.41) is 20.1. The van der Waals surface area contributed by atoms with Crippen molar-refractivity contribution in [3.63, 3.8) is 0 Å². The quantitative estimate of drug-likeness (QED) is 0.625. The van der Waals surface area contributed by atoms with Crippen LogP contribution in [0.1, 0.15) is 15.9 Å². The van der Waals surface area contributed by atoms with E-state index in [-0.39, 0.29) is 34.3 Å². The number of rotatable bonds is 6. The van der Waals surface area contributed by atoms with Gasteiger partial charge < -0.3 is 24.4 Å². The molecule has 6 heteroatoms. The highest BCUT2D eigenvalue weighted by molar-refractivity contribution is 6.11. The molecule has 0 radical (unpaired) electrons. The third-order valence-electron chi connectivity index (χ3n) is 3.43. The van der Waals surface area contributed by atoms with E-state index in [1.54, 1.807) is 18.2 Å². The lowest BCUT2D eigenvalue weighted by Crippen LogP contribution is -2.03. The standard InChI is InChI=1S/C18H18O6/c1-22-14-10-15(23-2)18(24-3)17(21)16(14)13(20)9-8-11-6-4-5-7-12(11)19/h4-10,19,21H,1-3H3. The van der Waals surface area contributed by atoms with Crippen molar-refractivity contribution in [3.05, 3.63) is 47.5 Å². The van der Waals surface area contributed by atoms with Gasteiger partial charge in [0.1, 0.15) is 17.1 Å². The van der Waals surface area contributed by atoms with Crippen LogP contribution in [0.25, 0.3) is 6.08 Å². The molecule has 0 bridgehead atoms. The first-order valence-electron chi connectivity index (χ1n) is 7.05. The minimum Gasteiger partial charge on any atom is -0.507 e. The van der Waals surface area contributed by atoms with E-state index in [0.717, 1.165) is 0 Å². The fourth-order valence-corrected chi connectivity index (χ4v) is 2.23. The second kappa shape index (κ2) is 7.41. The molecule has 0 aliphatic rings. The largest absolute Gasteiger partial charge is 0.507 e. The number of hydrogen-bond donors (Lipinski definition) is 2. The van der Waals surface area contributed by atoms with Gasteiger partial charge in [-0.1, -0.05) is 18.2 Å². The molecular formula is C18H18O6. The molecule has 2 N–H and O–H groups in total. The molecule has 24 heavy (non-hydrogen) atoms. The lowest BCUT2D eigenvalue weighted by atomic mass is 10.0. The SMILES string of the molecule is COc1cc(OC)c(C(=O)C=Cc2ccccc2O)c(O)c1OC. The summed E-state index contributed by atoms with van der Waals surface area (Å²) < 4.78 is 15.4. The summed E-state index contributed by atoms with van der Waals surface area (Å²) in [5.41, 5.74) is 0.423. The highest BCUT2D eigenvalue weighted by atomic mass is 16.5. The molecule has 6 nitrogen and oxygen atoms in total. The average molecular weight is 330 g/mol. The second-order valence-corrected chi connectivity index (χ2v) is 4.79. The zero-order valence-electron chi connectivity index (χ0n) is 13.6. The molecule has 0 heterocycles. The number of allylic oxidation sites excluding steroid dienone is 1. The van der Waals surface area contributed by atoms with Gasteiger partial charge in [-0.05, 0) is 18.2 Å². The van der Waals surface area contributed by atoms with Gasteiger partial charge in [0.05, 0.1) is 21.3 Å². The number of para-hydroxylation sites is 1. The van der Waals surface area contributed by atoms with E-state index in [0.29, 0.717) is 5.56 Å². The first-order valence-corrected chi connectivity index (χ1v) is 7.05. The van der Waals surface area contributed by atoms with Crippen molar-refractivity contribution in [2.24, 2.45) is 0 Å². The van der Waals surface area contributed by atoms with Crippen molar-refractivity contribution in [3.8, 4) is 28.7 Å². The van der Waals surface area contributed by atoms with Gasteiger partial charge in [-0.25, -0.2) is 0 Å². The third-order valence-corrected chi connectivity index (χ3v) is 3.43. The maximum Gasteiger partial charge on any atom is 0.204 e. The molecular weight excluding hydrogens is 312 g/mol. The summed E-state index contributed by atoms with van der Waals surface area (Å²) in [6.45, 7) is 0. The maximum absolute atomic E-state index is 12.5. The van der Waals surface area contributed by atoms with E-state index >= 15 is 0 Å². The van der Waals surface area contributed by atoms with E-state index in [2.05, 4.69) is 0 Å². The molecule has 0 aromatic heterocycles. The van der Waals surface area contributed by atoms with Gasteiger partial charge in [-0.15, -0.1) is 0 Å². The van der Waals surface area contributed by atoms with Crippen LogP contribution in [-0.2, 0) is 0 Å². The molecule has 0 saturated carbocycles. The Bertz CT molecular complexity index is 779. The monoisotopic (exact) mass is 330 g/mol. The number of carbonyl (C=O) groups excluding carboxylic acids is 1. The smallest absolute Gasteiger partial charge is 0.204 e. The van der Waals surface area contributed by atoms with Crippen LogP contribution in [0.15, 0.2) is 36.4 Å². The molecule has 2 rings (SSSR count). The molecule has 0 atom stereocenters. The van der Waals surface area contributed by atoms with Gasteiger partial charge in [0.25, 0.3) is 0 Å². The lowest BCUT2D eigenvalue weighted by molar-refractivity contribution is 0.104. The van der Waals surface area contributed by atoms with Gasteiger partial charge in [-0.3, -0.25) is 4.79 Å². The molecule has 0 saturated heterocycles. The van der Waals surface area contributed by atoms with Crippen molar-refractivity contribution in [1.29, 1.82) is 0 Å². The summed E-state index contributed by atoms with van der Waals surface area (Å²) in [4.78, 5) is 12.5. The first-order chi connectivity index (χ1) is 11.5. The van der Waals surface area contributed by atoms with Crippen LogP contribution >= 0.6 is 0 Å². The van der Waals surface area contributed by atoms with E-state index < -0.39 is 5.78 Å². The number of carbonyl (C=O) groups is 1. The number of methoxy groups -OCH3 is 3. The molecule has 0 amide bonds. The molecule has 0 fully saturated rings. The van der Waals surface area contributed by atoms with Crippen LogP contribution in [0, 0.1) is 0 Å². The summed E-state index contributed by atoms with van der Waals surface area (Å²) in [7, 11) is 4.15. The topological polar surface area (TPSA) is 85.2 Å². The minimum atomic E-state index is -0.506. The molecule has 0 unspecified atom stereocenters. The fourth-order valence-electron chi connectivity index (χ4n) is 2.23. The maximum atomic E-state index is 12.5. The first kappa shape index (κ1) is 17.2. The Morgan fingerprint density at radius 3 is 2.25 bits per heavy atom. The predicted octanol–water partition coefficient (Wildman–Crippen LogP) is 3.02. The van der Waals surface area contributed by atoms with Crippen LogP contribution in [0.4, 0.5) is 0 Å². The van der Waals surface area contributed by atoms with Crippen molar-refractivity contribution in [2.75, 3.05) is 21.3 Å². The zero-order valence-corrected chi connectivity index (χ0v) is 13.6.